The number of carbonyl (C=O) groups excluding carboxylic acids is 2. The number of hydrogen-bond donors (Lipinski definition) is 5. The Labute approximate surface area is 394 Å². The molecule has 1 aromatic carbocycles. The minimum atomic E-state index is -4.57. The number of likely N-dealkylation sites (N-methyl/N-ethyl adjacent to an activating group) is 1. The van der Waals surface area contributed by atoms with Crippen molar-refractivity contribution in [1.82, 2.24) is 9.80 Å². The van der Waals surface area contributed by atoms with Crippen LogP contribution in [0.15, 0.2) is 24.3 Å². The summed E-state index contributed by atoms with van der Waals surface area (Å²) < 4.78 is 77.8. The predicted octanol–water partition coefficient (Wildman–Crippen LogP) is 5.33. The van der Waals surface area contributed by atoms with Crippen molar-refractivity contribution in [2.24, 2.45) is 17.8 Å². The lowest BCUT2D eigenvalue weighted by Crippen LogP contribution is -2.61. The molecule has 5 N–H and O–H groups in total. The maximum Gasteiger partial charge on any atom is 0.416 e. The molecule has 2 amide bonds. The van der Waals surface area contributed by atoms with Gasteiger partial charge in [-0.05, 0) is 111 Å². The summed E-state index contributed by atoms with van der Waals surface area (Å²) in [6, 6.07) is 1.95. The number of amides is 2. The zero-order chi connectivity index (χ0) is 50.7. The highest BCUT2D eigenvalue weighted by Gasteiger charge is 2.53. The van der Waals surface area contributed by atoms with Crippen molar-refractivity contribution >= 4 is 17.7 Å². The predicted molar refractivity (Wildman–Crippen MR) is 243 cm³/mol. The summed E-state index contributed by atoms with van der Waals surface area (Å²) in [5.74, 6) is -3.15. The molecule has 3 aliphatic heterocycles. The second-order valence-corrected chi connectivity index (χ2v) is 20.3. The van der Waals surface area contributed by atoms with Crippen LogP contribution >= 0.6 is 0 Å². The zero-order valence-corrected chi connectivity index (χ0v) is 41.9. The summed E-state index contributed by atoms with van der Waals surface area (Å²) in [5.41, 5.74) is -5.46. The number of nitrogens with zero attached hydrogens (tertiary/aromatic N) is 3. The number of rotatable bonds is 10. The fourth-order valence-corrected chi connectivity index (χ4v) is 10.4. The fourth-order valence-electron chi connectivity index (χ4n) is 10.4. The van der Waals surface area contributed by atoms with Crippen LogP contribution in [0.2, 0.25) is 0 Å². The molecule has 3 aliphatic rings. The van der Waals surface area contributed by atoms with Gasteiger partial charge in [-0.15, -0.1) is 0 Å². The van der Waals surface area contributed by atoms with Crippen molar-refractivity contribution in [3.63, 3.8) is 0 Å². The van der Waals surface area contributed by atoms with Crippen molar-refractivity contribution < 1.29 is 76.7 Å². The molecule has 3 fully saturated rings. The molecule has 0 spiro atoms. The monoisotopic (exact) mass is 964 g/mol. The van der Waals surface area contributed by atoms with Gasteiger partial charge in [-0.2, -0.15) is 13.2 Å². The van der Waals surface area contributed by atoms with E-state index in [2.05, 4.69) is 0 Å². The van der Waals surface area contributed by atoms with Gasteiger partial charge in [-0.25, -0.2) is 4.79 Å². The molecule has 0 aliphatic carbocycles. The lowest BCUT2D eigenvalue weighted by Gasteiger charge is -2.49. The second-order valence-electron chi connectivity index (χ2n) is 20.3. The number of aliphatic hydroxyl groups is 5. The topological polar surface area (TPSA) is 200 Å². The largest absolute Gasteiger partial charge is 0.459 e. The molecule has 16 nitrogen and oxygen atoms in total. The van der Waals surface area contributed by atoms with E-state index in [-0.39, 0.29) is 37.3 Å². The normalized spacial score (nSPS) is 41.2. The first-order valence-corrected chi connectivity index (χ1v) is 23.7. The number of cyclic esters (lactones) is 1. The van der Waals surface area contributed by atoms with Crippen LogP contribution in [0.1, 0.15) is 114 Å². The Hall–Kier alpha value is -2.69. The Morgan fingerprint density at radius 1 is 0.925 bits per heavy atom. The molecule has 3 saturated heterocycles. The number of esters is 1. The van der Waals surface area contributed by atoms with Crippen LogP contribution in [0.3, 0.4) is 0 Å². The van der Waals surface area contributed by atoms with Gasteiger partial charge in [0, 0.05) is 51.8 Å². The number of methoxy groups -OCH3 is 1. The Morgan fingerprint density at radius 3 is 2.09 bits per heavy atom. The first-order valence-electron chi connectivity index (χ1n) is 23.7. The lowest BCUT2D eigenvalue weighted by molar-refractivity contribution is -0.317. The molecule has 0 bridgehead atoms. The van der Waals surface area contributed by atoms with Crippen LogP contribution in [0, 0.1) is 17.8 Å². The third-order valence-corrected chi connectivity index (χ3v) is 14.6. The van der Waals surface area contributed by atoms with E-state index in [1.807, 2.05) is 18.7 Å². The van der Waals surface area contributed by atoms with Crippen molar-refractivity contribution in [1.29, 1.82) is 0 Å². The van der Waals surface area contributed by atoms with E-state index in [1.54, 1.807) is 55.4 Å². The minimum Gasteiger partial charge on any atom is -0.459 e. The van der Waals surface area contributed by atoms with Gasteiger partial charge in [0.15, 0.2) is 12.6 Å². The molecule has 67 heavy (non-hydrogen) atoms. The first kappa shape index (κ1) is 56.9. The summed E-state index contributed by atoms with van der Waals surface area (Å²) >= 11 is 0. The van der Waals surface area contributed by atoms with Crippen molar-refractivity contribution in [3.05, 3.63) is 29.8 Å². The molecule has 4 rings (SSSR count). The highest BCUT2D eigenvalue weighted by atomic mass is 19.4. The number of benzene rings is 1. The van der Waals surface area contributed by atoms with E-state index < -0.39 is 126 Å². The van der Waals surface area contributed by atoms with Gasteiger partial charge in [0.05, 0.1) is 53.1 Å². The highest BCUT2D eigenvalue weighted by Crippen LogP contribution is 2.41. The molecule has 386 valence electrons. The summed E-state index contributed by atoms with van der Waals surface area (Å²) in [4.78, 5) is 32.9. The number of ether oxygens (including phenoxy) is 6. The Morgan fingerprint density at radius 2 is 1.54 bits per heavy atom. The molecule has 19 heteroatoms. The van der Waals surface area contributed by atoms with Crippen molar-refractivity contribution in [2.75, 3.05) is 39.2 Å². The van der Waals surface area contributed by atoms with E-state index in [0.717, 1.165) is 12.1 Å². The van der Waals surface area contributed by atoms with Gasteiger partial charge in [-0.3, -0.25) is 14.6 Å². The number of carbonyl (C=O) groups is 2. The zero-order valence-electron chi connectivity index (χ0n) is 41.9. The number of anilines is 1. The standard InChI is InChI=1S/C48H80F3N3O13/c1-15-21-54-25-26(3)23-45(9,60)41(67-43-37(55)34(22-27(4)63-43)53(13)44(59)52(12)33-19-17-32(18-20-33)48(49,50)51)28(5)38(66-36-24-46(10,62-14)40(57)31(8)64-36)29(6)42(58)65-35(16-2)47(11,61)39(56)30(54)7/h17-20,26-31,34-41,43,55-57,60-61H,15-16,21-25H2,1-14H3/t26-,27-,28+,29-,30-,31+,34+,35-,36+,37-,38+,39-,40+,41-,43+,45-,46-,47-/m1/s1. The molecule has 1 aromatic rings. The van der Waals surface area contributed by atoms with E-state index in [1.165, 1.54) is 50.1 Å². The average Bonchev–Trinajstić information content (AvgIpc) is 3.26. The Balaban J connectivity index is 1.80. The molecule has 18 atom stereocenters. The number of hydrogen-bond acceptors (Lipinski definition) is 14. The van der Waals surface area contributed by atoms with Gasteiger partial charge in [0.1, 0.15) is 30.0 Å². The minimum absolute atomic E-state index is 0.0352. The first-order chi connectivity index (χ1) is 30.9. The van der Waals surface area contributed by atoms with Crippen LogP contribution in [0.25, 0.3) is 0 Å². The molecular formula is C48H80F3N3O13. The quantitative estimate of drug-likeness (QED) is 0.189. The molecule has 0 radical (unpaired) electrons. The van der Waals surface area contributed by atoms with Crippen LogP contribution in [-0.4, -0.2) is 172 Å². The van der Waals surface area contributed by atoms with Crippen LogP contribution in [0.4, 0.5) is 23.7 Å². The van der Waals surface area contributed by atoms with E-state index in [0.29, 0.717) is 19.5 Å². The lowest BCUT2D eigenvalue weighted by atomic mass is 9.77. The summed E-state index contributed by atoms with van der Waals surface area (Å²) in [5, 5.41) is 59.8. The van der Waals surface area contributed by atoms with Gasteiger partial charge < -0.3 is 58.9 Å². The number of alkyl halides is 3. The van der Waals surface area contributed by atoms with Gasteiger partial charge in [0.25, 0.3) is 0 Å². The highest BCUT2D eigenvalue weighted by molar-refractivity contribution is 5.91. The van der Waals surface area contributed by atoms with E-state index in [4.69, 9.17) is 28.4 Å². The van der Waals surface area contributed by atoms with Crippen LogP contribution < -0.4 is 4.90 Å². The SMILES string of the molecule is CCCN1C[C@H](C)C[C@@](C)(O)[C@H](O[C@@H]2O[C@H](C)C[C@H](N(C)C(=O)N(C)c3ccc(C(F)(F)F)cc3)[C@H]2O)[C@@H](C)[C@H](O[C@H]2C[C@@](C)(OC)[C@@H](O)[C@H](C)O2)[C@@H](C)C(=O)O[C@H](CC)[C@@](C)(O)[C@H](O)[C@H]1C. The molecule has 3 heterocycles. The van der Waals surface area contributed by atoms with Crippen LogP contribution in [-0.2, 0) is 39.4 Å². The van der Waals surface area contributed by atoms with Crippen molar-refractivity contribution in [2.45, 2.75) is 205 Å². The fraction of sp³-hybridized carbons (Fsp3) is 0.833. The molecule has 0 saturated carbocycles. The number of halogens is 3. The molecule has 0 unspecified atom stereocenters. The molecular weight excluding hydrogens is 884 g/mol. The number of urea groups is 1. The maximum atomic E-state index is 14.5. The maximum absolute atomic E-state index is 14.5. The van der Waals surface area contributed by atoms with Gasteiger partial charge in [-0.1, -0.05) is 27.7 Å². The van der Waals surface area contributed by atoms with E-state index in [9.17, 15) is 48.3 Å². The van der Waals surface area contributed by atoms with Gasteiger partial charge in [0.2, 0.25) is 0 Å². The summed E-state index contributed by atoms with van der Waals surface area (Å²) in [6.07, 6.45) is -14.9. The Kier molecular flexibility index (Phi) is 19.2. The number of aliphatic hydroxyl groups excluding tert-OH is 3. The second kappa shape index (κ2) is 22.6. The average molecular weight is 964 g/mol. The van der Waals surface area contributed by atoms with Crippen LogP contribution in [0.5, 0.6) is 0 Å². The Bertz CT molecular complexity index is 1760. The third kappa shape index (κ3) is 13.0. The van der Waals surface area contributed by atoms with E-state index >= 15 is 0 Å². The third-order valence-electron chi connectivity index (χ3n) is 14.6. The summed E-state index contributed by atoms with van der Waals surface area (Å²) in [7, 11) is 4.33. The van der Waals surface area contributed by atoms with Gasteiger partial charge >= 0.3 is 18.2 Å². The molecule has 0 aromatic heterocycles. The van der Waals surface area contributed by atoms with Crippen molar-refractivity contribution in [3.8, 4) is 0 Å². The summed E-state index contributed by atoms with van der Waals surface area (Å²) in [6.45, 7) is 19.8. The smallest absolute Gasteiger partial charge is 0.416 e.